The van der Waals surface area contributed by atoms with Crippen molar-refractivity contribution in [2.75, 3.05) is 6.61 Å². The van der Waals surface area contributed by atoms with Gasteiger partial charge in [-0.2, -0.15) is 10.2 Å². The summed E-state index contributed by atoms with van der Waals surface area (Å²) in [5, 5.41) is 9.59. The number of nitriles is 1. The van der Waals surface area contributed by atoms with Crippen LogP contribution in [0.25, 0.3) is 11.7 Å². The van der Waals surface area contributed by atoms with Crippen LogP contribution < -0.4 is 4.74 Å². The summed E-state index contributed by atoms with van der Waals surface area (Å²) in [6, 6.07) is 15.2. The number of aryl methyl sites for hydroxylation is 1. The number of carbonyl (C=O) groups excluding carboxylic acids is 1. The van der Waals surface area contributed by atoms with Gasteiger partial charge in [0.25, 0.3) is 0 Å². The Bertz CT molecular complexity index is 1090. The van der Waals surface area contributed by atoms with Gasteiger partial charge < -0.3 is 9.47 Å². The number of rotatable bonds is 10. The van der Waals surface area contributed by atoms with Crippen molar-refractivity contribution in [1.82, 2.24) is 9.38 Å². The molecule has 0 bridgehead atoms. The zero-order valence-corrected chi connectivity index (χ0v) is 18.0. The molecule has 0 saturated heterocycles. The molecular formula is C25H27N3O3. The quantitative estimate of drug-likeness (QED) is 0.195. The minimum Gasteiger partial charge on any atom is -0.476 e. The summed E-state index contributed by atoms with van der Waals surface area (Å²) in [5.74, 6) is -0.266. The lowest BCUT2D eigenvalue weighted by molar-refractivity contribution is -0.139. The van der Waals surface area contributed by atoms with E-state index in [0.717, 1.165) is 42.5 Å². The van der Waals surface area contributed by atoms with E-state index in [1.807, 2.05) is 66.1 Å². The zero-order chi connectivity index (χ0) is 22.1. The van der Waals surface area contributed by atoms with E-state index in [-0.39, 0.29) is 12.2 Å². The van der Waals surface area contributed by atoms with Gasteiger partial charge in [-0.3, -0.25) is 4.40 Å². The Labute approximate surface area is 182 Å². The number of pyridine rings is 1. The molecule has 2 aromatic heterocycles. The lowest BCUT2D eigenvalue weighted by Crippen LogP contribution is -2.07. The Kier molecular flexibility index (Phi) is 7.83. The highest BCUT2D eigenvalue weighted by molar-refractivity contribution is 5.98. The zero-order valence-electron chi connectivity index (χ0n) is 18.0. The van der Waals surface area contributed by atoms with E-state index in [0.29, 0.717) is 18.2 Å². The van der Waals surface area contributed by atoms with Crippen molar-refractivity contribution in [3.05, 3.63) is 71.1 Å². The van der Waals surface area contributed by atoms with E-state index in [1.165, 1.54) is 6.08 Å². The number of aromatic nitrogens is 2. The third-order valence-corrected chi connectivity index (χ3v) is 4.92. The van der Waals surface area contributed by atoms with Crippen LogP contribution in [-0.4, -0.2) is 22.0 Å². The molecule has 0 radical (unpaired) electrons. The van der Waals surface area contributed by atoms with E-state index in [1.54, 1.807) is 0 Å². The molecule has 160 valence electrons. The smallest absolute Gasteiger partial charge is 0.349 e. The first-order chi connectivity index (χ1) is 15.1. The van der Waals surface area contributed by atoms with E-state index in [2.05, 4.69) is 11.9 Å². The van der Waals surface area contributed by atoms with Crippen molar-refractivity contribution in [2.24, 2.45) is 0 Å². The van der Waals surface area contributed by atoms with E-state index < -0.39 is 5.97 Å². The minimum atomic E-state index is -0.678. The van der Waals surface area contributed by atoms with Crippen molar-refractivity contribution in [3.63, 3.8) is 0 Å². The van der Waals surface area contributed by atoms with Crippen LogP contribution in [0.3, 0.4) is 0 Å². The molecule has 6 heteroatoms. The predicted octanol–water partition coefficient (Wildman–Crippen LogP) is 5.25. The minimum absolute atomic E-state index is 0.102. The number of hydrogen-bond acceptors (Lipinski definition) is 5. The van der Waals surface area contributed by atoms with Gasteiger partial charge in [0.1, 0.15) is 29.6 Å². The number of ether oxygens (including phenoxy) is 2. The summed E-state index contributed by atoms with van der Waals surface area (Å²) in [7, 11) is 0. The highest BCUT2D eigenvalue weighted by Gasteiger charge is 2.18. The molecule has 1 aromatic carbocycles. The topological polar surface area (TPSA) is 76.6 Å². The summed E-state index contributed by atoms with van der Waals surface area (Å²) in [6.45, 7) is 4.75. The summed E-state index contributed by atoms with van der Waals surface area (Å²) >= 11 is 0. The van der Waals surface area contributed by atoms with Crippen LogP contribution in [0, 0.1) is 18.3 Å². The lowest BCUT2D eigenvalue weighted by atomic mass is 10.2. The number of imidazole rings is 1. The van der Waals surface area contributed by atoms with Gasteiger partial charge in [0.15, 0.2) is 0 Å². The number of hydrogen-bond donors (Lipinski definition) is 0. The molecule has 6 nitrogen and oxygen atoms in total. The second-order valence-electron chi connectivity index (χ2n) is 7.33. The Morgan fingerprint density at radius 3 is 2.71 bits per heavy atom. The first kappa shape index (κ1) is 22.1. The van der Waals surface area contributed by atoms with Crippen LogP contribution >= 0.6 is 0 Å². The fourth-order valence-electron chi connectivity index (χ4n) is 3.21. The third-order valence-electron chi connectivity index (χ3n) is 4.92. The largest absolute Gasteiger partial charge is 0.476 e. The van der Waals surface area contributed by atoms with Gasteiger partial charge in [-0.15, -0.1) is 0 Å². The lowest BCUT2D eigenvalue weighted by Gasteiger charge is -2.06. The number of benzene rings is 1. The second-order valence-corrected chi connectivity index (χ2v) is 7.33. The molecule has 31 heavy (non-hydrogen) atoms. The normalized spacial score (nSPS) is 11.3. The number of carbonyl (C=O) groups is 1. The number of fused-ring (bicyclic) bond motifs is 1. The van der Waals surface area contributed by atoms with Crippen molar-refractivity contribution in [2.45, 2.75) is 46.1 Å². The molecule has 2 heterocycles. The maximum atomic E-state index is 12.5. The molecule has 0 saturated carbocycles. The van der Waals surface area contributed by atoms with Crippen LogP contribution in [0.15, 0.2) is 54.2 Å². The van der Waals surface area contributed by atoms with Gasteiger partial charge in [0.05, 0.1) is 6.61 Å². The fraction of sp³-hybridized carbons (Fsp3) is 0.320. The molecule has 3 aromatic rings. The van der Waals surface area contributed by atoms with Crippen molar-refractivity contribution >= 4 is 17.7 Å². The average molecular weight is 418 g/mol. The average Bonchev–Trinajstić information content (AvgIpc) is 3.15. The van der Waals surface area contributed by atoms with Gasteiger partial charge in [-0.05, 0) is 36.6 Å². The van der Waals surface area contributed by atoms with Gasteiger partial charge in [0.2, 0.25) is 5.88 Å². The number of esters is 1. The van der Waals surface area contributed by atoms with Crippen LogP contribution in [0.4, 0.5) is 0 Å². The van der Waals surface area contributed by atoms with Crippen LogP contribution in [-0.2, 0) is 16.1 Å². The Hall–Kier alpha value is -3.59. The summed E-state index contributed by atoms with van der Waals surface area (Å²) in [4.78, 5) is 17.1. The Morgan fingerprint density at radius 1 is 1.16 bits per heavy atom. The number of nitrogens with zero attached hydrogens (tertiary/aromatic N) is 3. The highest BCUT2D eigenvalue weighted by atomic mass is 16.5. The summed E-state index contributed by atoms with van der Waals surface area (Å²) in [5.41, 5.74) is 3.02. The molecule has 0 amide bonds. The van der Waals surface area contributed by atoms with Gasteiger partial charge in [0, 0.05) is 6.20 Å². The maximum absolute atomic E-state index is 12.5. The maximum Gasteiger partial charge on any atom is 0.349 e. The Morgan fingerprint density at radius 2 is 1.97 bits per heavy atom. The third kappa shape index (κ3) is 5.73. The standard InChI is InChI=1S/C25H27N3O3/c1-3-4-5-9-15-30-24-22(28-14-10-11-19(2)23(28)27-24)16-21(17-26)25(29)31-18-20-12-7-6-8-13-20/h6-8,10-14,16H,3-5,9,15,18H2,1-2H3/b21-16-. The molecule has 0 spiro atoms. The molecule has 0 aliphatic heterocycles. The first-order valence-electron chi connectivity index (χ1n) is 10.6. The molecule has 0 aliphatic carbocycles. The molecular weight excluding hydrogens is 390 g/mol. The van der Waals surface area contributed by atoms with Crippen molar-refractivity contribution in [3.8, 4) is 11.9 Å². The molecule has 0 atom stereocenters. The van der Waals surface area contributed by atoms with E-state index in [9.17, 15) is 10.1 Å². The van der Waals surface area contributed by atoms with Crippen molar-refractivity contribution < 1.29 is 14.3 Å². The predicted molar refractivity (Wildman–Crippen MR) is 119 cm³/mol. The van der Waals surface area contributed by atoms with Gasteiger partial charge in [-0.25, -0.2) is 4.79 Å². The highest BCUT2D eigenvalue weighted by Crippen LogP contribution is 2.25. The van der Waals surface area contributed by atoms with E-state index >= 15 is 0 Å². The SMILES string of the molecule is CCCCCCOc1nc2c(C)cccn2c1/C=C(/C#N)C(=O)OCc1ccccc1. The monoisotopic (exact) mass is 417 g/mol. The van der Waals surface area contributed by atoms with Crippen LogP contribution in [0.5, 0.6) is 5.88 Å². The fourth-order valence-corrected chi connectivity index (χ4v) is 3.21. The summed E-state index contributed by atoms with van der Waals surface area (Å²) in [6.07, 6.45) is 7.66. The molecule has 3 rings (SSSR count). The molecule has 0 fully saturated rings. The first-order valence-corrected chi connectivity index (χ1v) is 10.6. The van der Waals surface area contributed by atoms with E-state index in [4.69, 9.17) is 9.47 Å². The van der Waals surface area contributed by atoms with Crippen LogP contribution in [0.2, 0.25) is 0 Å². The van der Waals surface area contributed by atoms with Gasteiger partial charge in [-0.1, -0.05) is 62.6 Å². The van der Waals surface area contributed by atoms with Crippen molar-refractivity contribution in [1.29, 1.82) is 5.26 Å². The number of unbranched alkanes of at least 4 members (excludes halogenated alkanes) is 3. The molecule has 0 aliphatic rings. The summed E-state index contributed by atoms with van der Waals surface area (Å²) < 4.78 is 13.1. The Balaban J connectivity index is 1.84. The second kappa shape index (κ2) is 11.0. The molecule has 0 unspecified atom stereocenters. The van der Waals surface area contributed by atoms with Crippen LogP contribution in [0.1, 0.15) is 49.4 Å². The van der Waals surface area contributed by atoms with Gasteiger partial charge >= 0.3 is 5.97 Å². The molecule has 0 N–H and O–H groups in total.